The molecule has 0 radical (unpaired) electrons. The summed E-state index contributed by atoms with van der Waals surface area (Å²) in [5.41, 5.74) is 9.56. The fourth-order valence-corrected chi connectivity index (χ4v) is 2.64. The summed E-state index contributed by atoms with van der Waals surface area (Å²) < 4.78 is 0. The van der Waals surface area contributed by atoms with Crippen LogP contribution in [0.1, 0.15) is 38.3 Å². The molecule has 2 aromatic rings. The third-order valence-corrected chi connectivity index (χ3v) is 3.79. The normalized spacial score (nSPS) is 12.8. The van der Waals surface area contributed by atoms with Crippen LogP contribution < -0.4 is 11.1 Å². The maximum atomic E-state index is 12.2. The summed E-state index contributed by atoms with van der Waals surface area (Å²) >= 11 is 0. The molecule has 4 heteroatoms. The van der Waals surface area contributed by atoms with Gasteiger partial charge >= 0.3 is 0 Å². The highest BCUT2D eigenvalue weighted by Crippen LogP contribution is 2.25. The summed E-state index contributed by atoms with van der Waals surface area (Å²) in [5, 5.41) is 2.88. The molecule has 0 saturated heterocycles. The second kappa shape index (κ2) is 5.40. The van der Waals surface area contributed by atoms with Gasteiger partial charge in [-0.3, -0.25) is 9.59 Å². The summed E-state index contributed by atoms with van der Waals surface area (Å²) in [6.07, 6.45) is 3.38. The first-order valence-corrected chi connectivity index (χ1v) is 6.96. The molecule has 0 fully saturated rings. The van der Waals surface area contributed by atoms with Gasteiger partial charge in [0.25, 0.3) is 5.91 Å². The quantitative estimate of drug-likeness (QED) is 0.906. The Labute approximate surface area is 123 Å². The molecule has 0 spiro atoms. The van der Waals surface area contributed by atoms with Gasteiger partial charge in [0, 0.05) is 16.8 Å². The molecule has 106 valence electrons. The first kappa shape index (κ1) is 13.4. The summed E-state index contributed by atoms with van der Waals surface area (Å²) in [7, 11) is 0. The maximum Gasteiger partial charge on any atom is 0.255 e. The van der Waals surface area contributed by atoms with E-state index in [1.807, 2.05) is 12.1 Å². The summed E-state index contributed by atoms with van der Waals surface area (Å²) in [4.78, 5) is 23.2. The number of hydrogen-bond acceptors (Lipinski definition) is 2. The summed E-state index contributed by atoms with van der Waals surface area (Å²) in [6, 6.07) is 12.4. The van der Waals surface area contributed by atoms with E-state index < -0.39 is 5.91 Å². The van der Waals surface area contributed by atoms with Gasteiger partial charge < -0.3 is 11.1 Å². The summed E-state index contributed by atoms with van der Waals surface area (Å²) in [6.45, 7) is 0. The molecule has 4 nitrogen and oxygen atoms in total. The Hall–Kier alpha value is -2.62. The number of hydrogen-bond donors (Lipinski definition) is 2. The number of benzene rings is 2. The number of fused-ring (bicyclic) bond motifs is 1. The fourth-order valence-electron chi connectivity index (χ4n) is 2.64. The molecule has 3 rings (SSSR count). The van der Waals surface area contributed by atoms with E-state index in [2.05, 4.69) is 11.4 Å². The molecule has 2 amide bonds. The molecule has 0 unspecified atom stereocenters. The highest BCUT2D eigenvalue weighted by Gasteiger charge is 2.12. The third-order valence-electron chi connectivity index (χ3n) is 3.79. The van der Waals surface area contributed by atoms with Crippen LogP contribution in [0.2, 0.25) is 0 Å². The molecule has 0 aromatic heterocycles. The van der Waals surface area contributed by atoms with E-state index in [0.717, 1.165) is 18.5 Å². The average molecular weight is 280 g/mol. The van der Waals surface area contributed by atoms with Crippen LogP contribution >= 0.6 is 0 Å². The maximum absolute atomic E-state index is 12.2. The highest BCUT2D eigenvalue weighted by atomic mass is 16.2. The third kappa shape index (κ3) is 2.79. The molecule has 1 aliphatic carbocycles. The van der Waals surface area contributed by atoms with E-state index in [9.17, 15) is 9.59 Å². The van der Waals surface area contributed by atoms with Crippen LogP contribution in [0.3, 0.4) is 0 Å². The Morgan fingerprint density at radius 1 is 0.905 bits per heavy atom. The lowest BCUT2D eigenvalue weighted by Gasteiger charge is -2.08. The van der Waals surface area contributed by atoms with Crippen molar-refractivity contribution in [3.05, 3.63) is 64.7 Å². The monoisotopic (exact) mass is 280 g/mol. The van der Waals surface area contributed by atoms with Crippen LogP contribution in [-0.2, 0) is 12.8 Å². The number of rotatable bonds is 3. The van der Waals surface area contributed by atoms with Crippen LogP contribution in [-0.4, -0.2) is 11.8 Å². The lowest BCUT2D eigenvalue weighted by molar-refractivity contribution is 0.0995. The van der Waals surface area contributed by atoms with Gasteiger partial charge in [-0.05, 0) is 66.8 Å². The Morgan fingerprint density at radius 3 is 2.29 bits per heavy atom. The van der Waals surface area contributed by atoms with Gasteiger partial charge in [0.1, 0.15) is 0 Å². The molecule has 0 heterocycles. The smallest absolute Gasteiger partial charge is 0.255 e. The number of nitrogens with two attached hydrogens (primary N) is 1. The average Bonchev–Trinajstić information content (AvgIpc) is 2.95. The Kier molecular flexibility index (Phi) is 3.44. The highest BCUT2D eigenvalue weighted by molar-refractivity contribution is 6.05. The van der Waals surface area contributed by atoms with Gasteiger partial charge in [0.05, 0.1) is 0 Å². The molecule has 1 aliphatic rings. The van der Waals surface area contributed by atoms with Crippen molar-refractivity contribution in [1.82, 2.24) is 0 Å². The van der Waals surface area contributed by atoms with Crippen LogP contribution in [0.15, 0.2) is 42.5 Å². The standard InChI is InChI=1S/C17H16N2O2/c18-16(20)12-4-6-13(7-5-12)17(21)19-15-9-8-11-2-1-3-14(11)10-15/h4-10H,1-3H2,(H2,18,20)(H,19,21). The molecule has 2 aromatic carbocycles. The van der Waals surface area contributed by atoms with Crippen LogP contribution in [0, 0.1) is 0 Å². The first-order valence-electron chi connectivity index (χ1n) is 6.96. The van der Waals surface area contributed by atoms with E-state index in [4.69, 9.17) is 5.73 Å². The van der Waals surface area contributed by atoms with Crippen molar-refractivity contribution in [3.8, 4) is 0 Å². The van der Waals surface area contributed by atoms with E-state index >= 15 is 0 Å². The Balaban J connectivity index is 1.75. The van der Waals surface area contributed by atoms with Gasteiger partial charge in [0.15, 0.2) is 0 Å². The van der Waals surface area contributed by atoms with Crippen molar-refractivity contribution in [2.75, 3.05) is 5.32 Å². The topological polar surface area (TPSA) is 72.2 Å². The largest absolute Gasteiger partial charge is 0.366 e. The van der Waals surface area contributed by atoms with Gasteiger partial charge in [-0.25, -0.2) is 0 Å². The molecular formula is C17H16N2O2. The molecular weight excluding hydrogens is 264 g/mol. The number of nitrogens with one attached hydrogen (secondary N) is 1. The van der Waals surface area contributed by atoms with Crippen LogP contribution in [0.4, 0.5) is 5.69 Å². The molecule has 3 N–H and O–H groups in total. The minimum Gasteiger partial charge on any atom is -0.366 e. The first-order chi connectivity index (χ1) is 10.1. The fraction of sp³-hybridized carbons (Fsp3) is 0.176. The van der Waals surface area contributed by atoms with E-state index in [0.29, 0.717) is 11.1 Å². The number of aryl methyl sites for hydroxylation is 2. The second-order valence-electron chi connectivity index (χ2n) is 5.23. The predicted molar refractivity (Wildman–Crippen MR) is 81.4 cm³/mol. The van der Waals surface area contributed by atoms with Crippen molar-refractivity contribution < 1.29 is 9.59 Å². The summed E-state index contributed by atoms with van der Waals surface area (Å²) in [5.74, 6) is -0.690. The molecule has 21 heavy (non-hydrogen) atoms. The van der Waals surface area contributed by atoms with E-state index in [1.54, 1.807) is 24.3 Å². The molecule has 0 saturated carbocycles. The zero-order valence-electron chi connectivity index (χ0n) is 11.6. The van der Waals surface area contributed by atoms with E-state index in [1.165, 1.54) is 17.5 Å². The van der Waals surface area contributed by atoms with Gasteiger partial charge in [-0.2, -0.15) is 0 Å². The lowest BCUT2D eigenvalue weighted by atomic mass is 10.1. The zero-order valence-corrected chi connectivity index (χ0v) is 11.6. The van der Waals surface area contributed by atoms with Gasteiger partial charge in [-0.1, -0.05) is 6.07 Å². The van der Waals surface area contributed by atoms with Crippen LogP contribution in [0.25, 0.3) is 0 Å². The lowest BCUT2D eigenvalue weighted by Crippen LogP contribution is -2.14. The minimum atomic E-state index is -0.499. The van der Waals surface area contributed by atoms with Gasteiger partial charge in [0.2, 0.25) is 5.91 Å². The zero-order chi connectivity index (χ0) is 14.8. The number of primary amides is 1. The number of anilines is 1. The molecule has 0 aliphatic heterocycles. The number of carbonyl (C=O) groups excluding carboxylic acids is 2. The predicted octanol–water partition coefficient (Wildman–Crippen LogP) is 2.53. The van der Waals surface area contributed by atoms with Crippen LogP contribution in [0.5, 0.6) is 0 Å². The Bertz CT molecular complexity index is 705. The Morgan fingerprint density at radius 2 is 1.57 bits per heavy atom. The second-order valence-corrected chi connectivity index (χ2v) is 5.23. The minimum absolute atomic E-state index is 0.191. The van der Waals surface area contributed by atoms with Crippen molar-refractivity contribution in [2.24, 2.45) is 5.73 Å². The van der Waals surface area contributed by atoms with Crippen molar-refractivity contribution in [1.29, 1.82) is 0 Å². The SMILES string of the molecule is NC(=O)c1ccc(C(=O)Nc2ccc3c(c2)CCC3)cc1. The molecule has 0 atom stereocenters. The van der Waals surface area contributed by atoms with E-state index in [-0.39, 0.29) is 5.91 Å². The van der Waals surface area contributed by atoms with Crippen molar-refractivity contribution in [3.63, 3.8) is 0 Å². The van der Waals surface area contributed by atoms with Gasteiger partial charge in [-0.15, -0.1) is 0 Å². The van der Waals surface area contributed by atoms with Crippen molar-refractivity contribution >= 4 is 17.5 Å². The molecule has 0 bridgehead atoms. The van der Waals surface area contributed by atoms with Crippen molar-refractivity contribution in [2.45, 2.75) is 19.3 Å². The number of amides is 2. The number of carbonyl (C=O) groups is 2.